The summed E-state index contributed by atoms with van der Waals surface area (Å²) in [5, 5.41) is 11.0. The van der Waals surface area contributed by atoms with Crippen molar-refractivity contribution in [2.24, 2.45) is 0 Å². The van der Waals surface area contributed by atoms with Crippen molar-refractivity contribution in [2.75, 3.05) is 5.32 Å². The number of hydrogen-bond donors (Lipinski definition) is 2. The van der Waals surface area contributed by atoms with Gasteiger partial charge in [-0.05, 0) is 40.8 Å². The van der Waals surface area contributed by atoms with Crippen LogP contribution < -0.4 is 5.32 Å². The normalized spacial score (nSPS) is 17.6. The lowest BCUT2D eigenvalue weighted by Gasteiger charge is -2.19. The van der Waals surface area contributed by atoms with Crippen LogP contribution in [0.3, 0.4) is 0 Å². The third-order valence-electron chi connectivity index (χ3n) is 5.07. The fraction of sp³-hybridized carbons (Fsp3) is 0.364. The van der Waals surface area contributed by atoms with E-state index in [1.54, 1.807) is 0 Å². The van der Waals surface area contributed by atoms with Crippen molar-refractivity contribution >= 4 is 5.69 Å². The van der Waals surface area contributed by atoms with Crippen molar-refractivity contribution in [3.05, 3.63) is 76.6 Å². The molecule has 11 heteroatoms. The molecule has 3 rings (SSSR count). The molecule has 0 amide bonds. The summed E-state index contributed by atoms with van der Waals surface area (Å²) in [5.74, 6) is -5.85. The van der Waals surface area contributed by atoms with E-state index in [-0.39, 0.29) is 35.0 Å². The largest absolute Gasteiger partial charge is 0.482 e. The highest BCUT2D eigenvalue weighted by atomic mass is 19.4. The fourth-order valence-corrected chi connectivity index (χ4v) is 3.70. The molecule has 2 aromatic carbocycles. The van der Waals surface area contributed by atoms with Crippen LogP contribution in [0.25, 0.3) is 0 Å². The van der Waals surface area contributed by atoms with Gasteiger partial charge in [0.25, 0.3) is 5.92 Å². The molecule has 2 unspecified atom stereocenters. The fourth-order valence-electron chi connectivity index (χ4n) is 3.70. The SMILES string of the molecule is C=CF.CCC(F)c1cc(F)cc(F)c1Cc1ccc(NC(F)(F)F)c2c1CC(F)(F)C2O. The van der Waals surface area contributed by atoms with E-state index in [9.17, 15) is 44.6 Å². The number of nitrogens with one attached hydrogen (secondary N) is 1. The Hall–Kier alpha value is -2.69. The molecule has 0 bridgehead atoms. The number of fused-ring (bicyclic) bond motifs is 1. The van der Waals surface area contributed by atoms with Crippen LogP contribution >= 0.6 is 0 Å². The zero-order valence-electron chi connectivity index (χ0n) is 17.2. The average Bonchev–Trinajstić information content (AvgIpc) is 2.94. The quantitative estimate of drug-likeness (QED) is 0.346. The second kappa shape index (κ2) is 10.1. The lowest BCUT2D eigenvalue weighted by atomic mass is 9.91. The Balaban J connectivity index is 0.00000122. The van der Waals surface area contributed by atoms with E-state index in [1.165, 1.54) is 6.92 Å². The maximum Gasteiger partial charge on any atom is 0.482 e. The minimum absolute atomic E-state index is 0.0102. The van der Waals surface area contributed by atoms with Gasteiger partial charge in [-0.1, -0.05) is 19.6 Å². The summed E-state index contributed by atoms with van der Waals surface area (Å²) >= 11 is 0. The minimum Gasteiger partial charge on any atom is -0.382 e. The molecule has 0 saturated heterocycles. The lowest BCUT2D eigenvalue weighted by molar-refractivity contribution is -0.103. The van der Waals surface area contributed by atoms with Gasteiger partial charge in [-0.3, -0.25) is 5.32 Å². The van der Waals surface area contributed by atoms with E-state index in [2.05, 4.69) is 6.58 Å². The van der Waals surface area contributed by atoms with Crippen molar-refractivity contribution in [2.45, 2.75) is 50.7 Å². The average molecular weight is 485 g/mol. The standard InChI is InChI=1S/C20H17F8NO.C2H3F/c1-2-14(22)12-6-10(21)7-15(23)11(12)5-9-3-4-16(29-20(26,27)28)17-13(9)8-19(24,25)18(17)30;1-2-3/h3-4,6-7,14,18,29-30H,2,5,8H2,1H3;2H,1H2. The number of rotatable bonds is 5. The van der Waals surface area contributed by atoms with Crippen molar-refractivity contribution < 1.29 is 44.6 Å². The van der Waals surface area contributed by atoms with E-state index < -0.39 is 60.2 Å². The highest BCUT2D eigenvalue weighted by molar-refractivity contribution is 5.62. The molecule has 2 N–H and O–H groups in total. The first-order valence-corrected chi connectivity index (χ1v) is 9.64. The van der Waals surface area contributed by atoms with Crippen LogP contribution in [0.1, 0.15) is 53.4 Å². The number of hydrogen-bond acceptors (Lipinski definition) is 2. The Labute approximate surface area is 183 Å². The molecule has 0 aromatic heterocycles. The van der Waals surface area contributed by atoms with Crippen LogP contribution in [0.15, 0.2) is 37.2 Å². The van der Waals surface area contributed by atoms with Gasteiger partial charge in [0.05, 0.1) is 6.33 Å². The van der Waals surface area contributed by atoms with Gasteiger partial charge < -0.3 is 5.11 Å². The maximum atomic E-state index is 14.4. The Morgan fingerprint density at radius 2 is 1.85 bits per heavy atom. The molecular weight excluding hydrogens is 465 g/mol. The van der Waals surface area contributed by atoms with Gasteiger partial charge >= 0.3 is 6.30 Å². The van der Waals surface area contributed by atoms with Crippen LogP contribution in [0.2, 0.25) is 0 Å². The molecule has 0 fully saturated rings. The molecular formula is C22H20F9NO. The van der Waals surface area contributed by atoms with Gasteiger partial charge in [0.15, 0.2) is 0 Å². The molecule has 0 heterocycles. The van der Waals surface area contributed by atoms with Crippen LogP contribution in [0.5, 0.6) is 0 Å². The molecule has 0 spiro atoms. The smallest absolute Gasteiger partial charge is 0.382 e. The predicted octanol–water partition coefficient (Wildman–Crippen LogP) is 7.23. The zero-order valence-corrected chi connectivity index (χ0v) is 17.2. The molecule has 2 aromatic rings. The van der Waals surface area contributed by atoms with Gasteiger partial charge in [-0.15, -0.1) is 0 Å². The second-order valence-electron chi connectivity index (χ2n) is 7.29. The summed E-state index contributed by atoms with van der Waals surface area (Å²) in [6.45, 7) is 4.14. The van der Waals surface area contributed by atoms with E-state index >= 15 is 0 Å². The number of anilines is 1. The van der Waals surface area contributed by atoms with Crippen molar-refractivity contribution in [3.8, 4) is 0 Å². The van der Waals surface area contributed by atoms with Gasteiger partial charge in [0, 0.05) is 30.2 Å². The molecule has 1 aliphatic carbocycles. The molecule has 1 aliphatic rings. The van der Waals surface area contributed by atoms with E-state index in [0.29, 0.717) is 6.07 Å². The van der Waals surface area contributed by atoms with E-state index in [0.717, 1.165) is 23.5 Å². The highest BCUT2D eigenvalue weighted by Crippen LogP contribution is 2.48. The van der Waals surface area contributed by atoms with Crippen molar-refractivity contribution in [3.63, 3.8) is 0 Å². The Kier molecular flexibility index (Phi) is 8.10. The minimum atomic E-state index is -4.94. The van der Waals surface area contributed by atoms with Crippen LogP contribution in [-0.2, 0) is 12.8 Å². The number of benzene rings is 2. The molecule has 2 atom stereocenters. The van der Waals surface area contributed by atoms with Crippen LogP contribution in [0, 0.1) is 11.6 Å². The van der Waals surface area contributed by atoms with E-state index in [1.807, 2.05) is 0 Å². The molecule has 33 heavy (non-hydrogen) atoms. The number of halogens is 9. The summed E-state index contributed by atoms with van der Waals surface area (Å²) in [5.41, 5.74) is -2.28. The zero-order chi connectivity index (χ0) is 25.1. The van der Waals surface area contributed by atoms with Crippen molar-refractivity contribution in [1.29, 1.82) is 0 Å². The number of aliphatic hydroxyl groups excluding tert-OH is 1. The van der Waals surface area contributed by atoms with Gasteiger partial charge in [0.1, 0.15) is 23.9 Å². The summed E-state index contributed by atoms with van der Waals surface area (Å²) in [7, 11) is 0. The monoisotopic (exact) mass is 485 g/mol. The second-order valence-corrected chi connectivity index (χ2v) is 7.29. The third-order valence-corrected chi connectivity index (χ3v) is 5.07. The molecule has 0 radical (unpaired) electrons. The Morgan fingerprint density at radius 1 is 1.24 bits per heavy atom. The van der Waals surface area contributed by atoms with E-state index in [4.69, 9.17) is 0 Å². The lowest BCUT2D eigenvalue weighted by Crippen LogP contribution is -2.24. The molecule has 182 valence electrons. The Bertz CT molecular complexity index is 1000. The summed E-state index contributed by atoms with van der Waals surface area (Å²) in [6.07, 6.45) is -10.5. The molecule has 0 aliphatic heterocycles. The molecule has 0 saturated carbocycles. The first-order chi connectivity index (χ1) is 15.3. The first kappa shape index (κ1) is 26.6. The van der Waals surface area contributed by atoms with Gasteiger partial charge in [-0.2, -0.15) is 13.2 Å². The first-order valence-electron chi connectivity index (χ1n) is 9.64. The maximum absolute atomic E-state index is 14.4. The predicted molar refractivity (Wildman–Crippen MR) is 104 cm³/mol. The highest BCUT2D eigenvalue weighted by Gasteiger charge is 2.49. The van der Waals surface area contributed by atoms with Gasteiger partial charge in [0.2, 0.25) is 0 Å². The summed E-state index contributed by atoms with van der Waals surface area (Å²) in [6, 6.07) is 3.24. The van der Waals surface area contributed by atoms with Crippen LogP contribution in [0.4, 0.5) is 45.2 Å². The summed E-state index contributed by atoms with van der Waals surface area (Å²) in [4.78, 5) is 0. The number of aliphatic hydroxyl groups is 1. The third kappa shape index (κ3) is 6.01. The van der Waals surface area contributed by atoms with Crippen LogP contribution in [-0.4, -0.2) is 17.3 Å². The topological polar surface area (TPSA) is 32.3 Å². The number of alkyl halides is 6. The summed E-state index contributed by atoms with van der Waals surface area (Å²) < 4.78 is 119. The van der Waals surface area contributed by atoms with Gasteiger partial charge in [-0.25, -0.2) is 26.3 Å². The molecule has 2 nitrogen and oxygen atoms in total. The Morgan fingerprint density at radius 3 is 2.39 bits per heavy atom. The van der Waals surface area contributed by atoms with Crippen molar-refractivity contribution in [1.82, 2.24) is 0 Å².